The molecule has 0 spiro atoms. The molecule has 0 unspecified atom stereocenters. The molecule has 0 aliphatic rings. The zero-order valence-electron chi connectivity index (χ0n) is 11.8. The van der Waals surface area contributed by atoms with Crippen LogP contribution in [0.4, 0.5) is 5.82 Å². The summed E-state index contributed by atoms with van der Waals surface area (Å²) in [6.45, 7) is 6.10. The number of hydrogen-bond donors (Lipinski definition) is 3. The molecule has 2 rings (SSSR count). The summed E-state index contributed by atoms with van der Waals surface area (Å²) in [4.78, 5) is 35.4. The lowest BCUT2D eigenvalue weighted by Gasteiger charge is -2.03. The fourth-order valence-corrected chi connectivity index (χ4v) is 2.31. The number of nitrogens with two attached hydrogens (primary N) is 1. The number of nitrogen functional groups attached to an aromatic ring is 1. The van der Waals surface area contributed by atoms with Gasteiger partial charge in [-0.15, -0.1) is 0 Å². The Morgan fingerprint density at radius 3 is 2.45 bits per heavy atom. The highest BCUT2D eigenvalue weighted by molar-refractivity contribution is 7.99. The summed E-state index contributed by atoms with van der Waals surface area (Å²) in [5, 5.41) is 0.496. The molecule has 0 aliphatic carbocycles. The van der Waals surface area contributed by atoms with Gasteiger partial charge in [0.25, 0.3) is 0 Å². The van der Waals surface area contributed by atoms with E-state index in [0.29, 0.717) is 5.16 Å². The molecular weight excluding hydrogens is 278 g/mol. The number of H-pyrrole nitrogens is 2. The van der Waals surface area contributed by atoms with Crippen molar-refractivity contribution < 1.29 is 0 Å². The Morgan fingerprint density at radius 2 is 1.80 bits per heavy atom. The van der Waals surface area contributed by atoms with Crippen LogP contribution in [-0.2, 0) is 0 Å². The molecule has 0 atom stereocenters. The summed E-state index contributed by atoms with van der Waals surface area (Å²) < 4.78 is 0. The van der Waals surface area contributed by atoms with Crippen molar-refractivity contribution in [3.8, 4) is 0 Å². The normalized spacial score (nSPS) is 10.2. The van der Waals surface area contributed by atoms with E-state index < -0.39 is 11.1 Å². The van der Waals surface area contributed by atoms with E-state index in [2.05, 4.69) is 26.9 Å². The third kappa shape index (κ3) is 3.83. The predicted molar refractivity (Wildman–Crippen MR) is 82.2 cm³/mol. The highest BCUT2D eigenvalue weighted by Crippen LogP contribution is 2.19. The Hall–Kier alpha value is -1.83. The minimum absolute atomic E-state index is 0.160. The number of fused-ring (bicyclic) bond motifs is 1. The number of anilines is 1. The van der Waals surface area contributed by atoms with Crippen molar-refractivity contribution in [2.45, 2.75) is 38.8 Å². The Kier molecular flexibility index (Phi) is 6.23. The summed E-state index contributed by atoms with van der Waals surface area (Å²) in [7, 11) is 0. The van der Waals surface area contributed by atoms with E-state index in [-0.39, 0.29) is 17.0 Å². The standard InChI is InChI=1S/C10H13N5O2S.C2H6/c1-2-3-4-18-10-13-6(11)5-7(15-10)14-9(17)8(16)12-5;1-2/h2-4H2,1H3,(H,12,16)(H3,11,13,14,15,17);1-2H3. The number of hydrogen-bond acceptors (Lipinski definition) is 6. The lowest BCUT2D eigenvalue weighted by atomic mass is 10.4. The lowest BCUT2D eigenvalue weighted by molar-refractivity contribution is 0.889. The fourth-order valence-electron chi connectivity index (χ4n) is 1.38. The zero-order valence-corrected chi connectivity index (χ0v) is 12.6. The van der Waals surface area contributed by atoms with E-state index in [1.165, 1.54) is 11.8 Å². The maximum atomic E-state index is 11.2. The van der Waals surface area contributed by atoms with Gasteiger partial charge in [-0.1, -0.05) is 39.0 Å². The first-order valence-electron chi connectivity index (χ1n) is 6.54. The SMILES string of the molecule is CC.CCCCSc1nc(N)c2[nH]c(=O)c(=O)[nH]c2n1. The number of nitrogens with zero attached hydrogens (tertiary/aromatic N) is 2. The van der Waals surface area contributed by atoms with Crippen molar-refractivity contribution in [2.75, 3.05) is 11.5 Å². The molecule has 2 aromatic rings. The number of unbranched alkanes of at least 4 members (excludes halogenated alkanes) is 1. The third-order valence-electron chi connectivity index (χ3n) is 2.32. The first-order chi connectivity index (χ1) is 9.61. The van der Waals surface area contributed by atoms with Crippen LogP contribution in [0, 0.1) is 0 Å². The van der Waals surface area contributed by atoms with Crippen LogP contribution in [0.15, 0.2) is 14.7 Å². The molecule has 0 amide bonds. The quantitative estimate of drug-likeness (QED) is 0.341. The van der Waals surface area contributed by atoms with Gasteiger partial charge >= 0.3 is 11.1 Å². The molecule has 4 N–H and O–H groups in total. The molecular formula is C12H19N5O2S. The van der Waals surface area contributed by atoms with Crippen molar-refractivity contribution >= 4 is 28.7 Å². The maximum Gasteiger partial charge on any atom is 0.315 e. The van der Waals surface area contributed by atoms with Gasteiger partial charge < -0.3 is 15.7 Å². The average molecular weight is 297 g/mol. The molecule has 7 nitrogen and oxygen atoms in total. The molecule has 2 aromatic heterocycles. The maximum absolute atomic E-state index is 11.2. The Labute approximate surface area is 120 Å². The minimum Gasteiger partial charge on any atom is -0.382 e. The topological polar surface area (TPSA) is 118 Å². The Bertz CT molecular complexity index is 680. The molecule has 0 aromatic carbocycles. The van der Waals surface area contributed by atoms with Crippen LogP contribution in [0.1, 0.15) is 33.6 Å². The summed E-state index contributed by atoms with van der Waals surface area (Å²) in [5.41, 5.74) is 4.74. The van der Waals surface area contributed by atoms with Crippen LogP contribution in [0.3, 0.4) is 0 Å². The average Bonchev–Trinajstić information content (AvgIpc) is 2.44. The van der Waals surface area contributed by atoms with Crippen LogP contribution in [0.5, 0.6) is 0 Å². The van der Waals surface area contributed by atoms with Crippen molar-refractivity contribution in [2.24, 2.45) is 0 Å². The number of aromatic nitrogens is 4. The largest absolute Gasteiger partial charge is 0.382 e. The van der Waals surface area contributed by atoms with E-state index in [0.717, 1.165) is 18.6 Å². The molecule has 0 saturated heterocycles. The smallest absolute Gasteiger partial charge is 0.315 e. The van der Waals surface area contributed by atoms with Gasteiger partial charge in [0, 0.05) is 5.75 Å². The number of thioether (sulfide) groups is 1. The van der Waals surface area contributed by atoms with Crippen molar-refractivity contribution in [3.05, 3.63) is 20.7 Å². The van der Waals surface area contributed by atoms with Gasteiger partial charge in [0.2, 0.25) is 0 Å². The molecule has 0 aliphatic heterocycles. The van der Waals surface area contributed by atoms with Gasteiger partial charge in [-0.25, -0.2) is 9.97 Å². The van der Waals surface area contributed by atoms with Crippen LogP contribution >= 0.6 is 11.8 Å². The van der Waals surface area contributed by atoms with E-state index in [1.54, 1.807) is 0 Å². The summed E-state index contributed by atoms with van der Waals surface area (Å²) >= 11 is 1.47. The van der Waals surface area contributed by atoms with Crippen molar-refractivity contribution in [1.82, 2.24) is 19.9 Å². The molecule has 110 valence electrons. The second-order valence-corrected chi connectivity index (χ2v) is 4.79. The molecule has 0 saturated carbocycles. The molecule has 0 fully saturated rings. The van der Waals surface area contributed by atoms with Gasteiger partial charge in [0.05, 0.1) is 0 Å². The first-order valence-corrected chi connectivity index (χ1v) is 7.53. The van der Waals surface area contributed by atoms with Crippen LogP contribution in [0.2, 0.25) is 0 Å². The second kappa shape index (κ2) is 7.68. The van der Waals surface area contributed by atoms with Gasteiger partial charge in [-0.3, -0.25) is 9.59 Å². The highest BCUT2D eigenvalue weighted by atomic mass is 32.2. The van der Waals surface area contributed by atoms with Crippen molar-refractivity contribution in [3.63, 3.8) is 0 Å². The highest BCUT2D eigenvalue weighted by Gasteiger charge is 2.08. The van der Waals surface area contributed by atoms with E-state index in [9.17, 15) is 9.59 Å². The van der Waals surface area contributed by atoms with E-state index in [1.807, 2.05) is 13.8 Å². The number of aromatic amines is 2. The Morgan fingerprint density at radius 1 is 1.15 bits per heavy atom. The lowest BCUT2D eigenvalue weighted by Crippen LogP contribution is -2.29. The number of nitrogens with one attached hydrogen (secondary N) is 2. The minimum atomic E-state index is -0.760. The summed E-state index contributed by atoms with van der Waals surface area (Å²) in [6.07, 6.45) is 2.13. The van der Waals surface area contributed by atoms with Gasteiger partial charge in [0.1, 0.15) is 5.52 Å². The third-order valence-corrected chi connectivity index (χ3v) is 3.26. The van der Waals surface area contributed by atoms with E-state index >= 15 is 0 Å². The second-order valence-electron chi connectivity index (χ2n) is 3.73. The van der Waals surface area contributed by atoms with Gasteiger partial charge in [-0.05, 0) is 6.42 Å². The number of rotatable bonds is 4. The van der Waals surface area contributed by atoms with Gasteiger partial charge in [-0.2, -0.15) is 0 Å². The fraction of sp³-hybridized carbons (Fsp3) is 0.500. The molecule has 0 radical (unpaired) electrons. The van der Waals surface area contributed by atoms with Crippen molar-refractivity contribution in [1.29, 1.82) is 0 Å². The Balaban J connectivity index is 0.000000956. The summed E-state index contributed by atoms with van der Waals surface area (Å²) in [6, 6.07) is 0. The predicted octanol–water partition coefficient (Wildman–Crippen LogP) is 1.51. The van der Waals surface area contributed by atoms with Crippen LogP contribution < -0.4 is 16.9 Å². The summed E-state index contributed by atoms with van der Waals surface area (Å²) in [5.74, 6) is 1.04. The monoisotopic (exact) mass is 297 g/mol. The molecule has 8 heteroatoms. The molecule has 2 heterocycles. The molecule has 0 bridgehead atoms. The van der Waals surface area contributed by atoms with Crippen LogP contribution in [-0.4, -0.2) is 25.7 Å². The first kappa shape index (κ1) is 16.2. The van der Waals surface area contributed by atoms with Crippen LogP contribution in [0.25, 0.3) is 11.2 Å². The zero-order chi connectivity index (χ0) is 15.1. The van der Waals surface area contributed by atoms with E-state index in [4.69, 9.17) is 5.73 Å². The van der Waals surface area contributed by atoms with Gasteiger partial charge in [0.15, 0.2) is 16.6 Å². The molecule has 20 heavy (non-hydrogen) atoms.